The number of thioether (sulfide) groups is 1. The Kier molecular flexibility index (Phi) is 6.24. The molecule has 162 valence electrons. The van der Waals surface area contributed by atoms with Crippen LogP contribution in [0.2, 0.25) is 5.02 Å². The van der Waals surface area contributed by atoms with Crippen molar-refractivity contribution in [1.82, 2.24) is 20.1 Å². The van der Waals surface area contributed by atoms with E-state index in [9.17, 15) is 18.0 Å². The lowest BCUT2D eigenvalue weighted by Crippen LogP contribution is -2.30. The third kappa shape index (κ3) is 4.72. The molecule has 1 aliphatic rings. The SMILES string of the molecule is O=C1NCCCCC1Sc1nnc(-c2cccc(Cl)c2)n1-c1ccccc1C(F)(F)F. The lowest BCUT2D eigenvalue weighted by atomic mass is 10.1. The van der Waals surface area contributed by atoms with Crippen LogP contribution in [0.3, 0.4) is 0 Å². The molecule has 1 fully saturated rings. The minimum absolute atomic E-state index is 0.105. The second-order valence-electron chi connectivity index (χ2n) is 7.06. The zero-order chi connectivity index (χ0) is 22.0. The number of hydrogen-bond donors (Lipinski definition) is 1. The van der Waals surface area contributed by atoms with Crippen molar-refractivity contribution < 1.29 is 18.0 Å². The van der Waals surface area contributed by atoms with E-state index in [2.05, 4.69) is 15.5 Å². The van der Waals surface area contributed by atoms with Crippen LogP contribution in [0.25, 0.3) is 17.1 Å². The zero-order valence-electron chi connectivity index (χ0n) is 16.2. The number of alkyl halides is 3. The highest BCUT2D eigenvalue weighted by molar-refractivity contribution is 8.00. The molecule has 0 radical (unpaired) electrons. The molecule has 3 aromatic rings. The molecule has 0 aliphatic carbocycles. The molecule has 1 unspecified atom stereocenters. The summed E-state index contributed by atoms with van der Waals surface area (Å²) in [7, 11) is 0. The Labute approximate surface area is 186 Å². The number of para-hydroxylation sites is 1. The molecule has 2 heterocycles. The van der Waals surface area contributed by atoms with Gasteiger partial charge in [-0.2, -0.15) is 13.2 Å². The number of aromatic nitrogens is 3. The average molecular weight is 467 g/mol. The number of benzene rings is 2. The van der Waals surface area contributed by atoms with Gasteiger partial charge >= 0.3 is 6.18 Å². The van der Waals surface area contributed by atoms with E-state index in [0.29, 0.717) is 23.6 Å². The lowest BCUT2D eigenvalue weighted by molar-refractivity contribution is -0.137. The summed E-state index contributed by atoms with van der Waals surface area (Å²) in [5.74, 6) is 0.0705. The van der Waals surface area contributed by atoms with Gasteiger partial charge in [-0.25, -0.2) is 0 Å². The topological polar surface area (TPSA) is 59.8 Å². The van der Waals surface area contributed by atoms with E-state index in [1.54, 1.807) is 24.3 Å². The van der Waals surface area contributed by atoms with Gasteiger partial charge in [-0.15, -0.1) is 10.2 Å². The fourth-order valence-corrected chi connectivity index (χ4v) is 4.74. The van der Waals surface area contributed by atoms with E-state index in [4.69, 9.17) is 11.6 Å². The van der Waals surface area contributed by atoms with Crippen molar-refractivity contribution >= 4 is 29.3 Å². The summed E-state index contributed by atoms with van der Waals surface area (Å²) < 4.78 is 42.8. The molecule has 0 saturated carbocycles. The third-order valence-electron chi connectivity index (χ3n) is 4.90. The molecular weight excluding hydrogens is 449 g/mol. The first-order valence-electron chi connectivity index (χ1n) is 9.67. The average Bonchev–Trinajstić information content (AvgIpc) is 3.04. The molecule has 1 atom stereocenters. The Morgan fingerprint density at radius 1 is 1.10 bits per heavy atom. The smallest absolute Gasteiger partial charge is 0.355 e. The van der Waals surface area contributed by atoms with Gasteiger partial charge < -0.3 is 5.32 Å². The minimum Gasteiger partial charge on any atom is -0.355 e. The van der Waals surface area contributed by atoms with E-state index in [0.717, 1.165) is 30.7 Å². The van der Waals surface area contributed by atoms with Crippen LogP contribution in [0.5, 0.6) is 0 Å². The molecule has 4 rings (SSSR count). The van der Waals surface area contributed by atoms with Gasteiger partial charge in [-0.1, -0.05) is 54.0 Å². The normalized spacial score (nSPS) is 17.3. The quantitative estimate of drug-likeness (QED) is 0.561. The van der Waals surface area contributed by atoms with Crippen molar-refractivity contribution in [3.8, 4) is 17.1 Å². The second kappa shape index (κ2) is 8.92. The molecule has 2 aromatic carbocycles. The first kappa shape index (κ1) is 21.7. The number of carbonyl (C=O) groups is 1. The van der Waals surface area contributed by atoms with Crippen molar-refractivity contribution in [3.63, 3.8) is 0 Å². The molecule has 0 bridgehead atoms. The van der Waals surface area contributed by atoms with Gasteiger partial charge in [-0.3, -0.25) is 9.36 Å². The van der Waals surface area contributed by atoms with Gasteiger partial charge in [0.15, 0.2) is 11.0 Å². The number of nitrogens with one attached hydrogen (secondary N) is 1. The van der Waals surface area contributed by atoms with Gasteiger partial charge in [0.2, 0.25) is 5.91 Å². The van der Waals surface area contributed by atoms with Crippen LogP contribution >= 0.6 is 23.4 Å². The summed E-state index contributed by atoms with van der Waals surface area (Å²) in [6.45, 7) is 0.591. The monoisotopic (exact) mass is 466 g/mol. The van der Waals surface area contributed by atoms with Crippen LogP contribution in [0.1, 0.15) is 24.8 Å². The number of hydrogen-bond acceptors (Lipinski definition) is 4. The number of nitrogens with zero attached hydrogens (tertiary/aromatic N) is 3. The van der Waals surface area contributed by atoms with E-state index < -0.39 is 17.0 Å². The van der Waals surface area contributed by atoms with Gasteiger partial charge in [0.05, 0.1) is 16.5 Å². The Morgan fingerprint density at radius 3 is 2.68 bits per heavy atom. The van der Waals surface area contributed by atoms with Gasteiger partial charge in [-0.05, 0) is 37.1 Å². The Morgan fingerprint density at radius 2 is 1.90 bits per heavy atom. The van der Waals surface area contributed by atoms with Crippen molar-refractivity contribution in [2.75, 3.05) is 6.54 Å². The Hall–Kier alpha value is -2.52. The van der Waals surface area contributed by atoms with Crippen LogP contribution in [-0.2, 0) is 11.0 Å². The molecule has 10 heteroatoms. The van der Waals surface area contributed by atoms with Gasteiger partial charge in [0, 0.05) is 17.1 Å². The minimum atomic E-state index is -4.58. The van der Waals surface area contributed by atoms with Crippen LogP contribution < -0.4 is 5.32 Å². The highest BCUT2D eigenvalue weighted by Crippen LogP contribution is 2.38. The predicted molar refractivity (Wildman–Crippen MR) is 113 cm³/mol. The van der Waals surface area contributed by atoms with Crippen molar-refractivity contribution in [1.29, 1.82) is 0 Å². The fraction of sp³-hybridized carbons (Fsp3) is 0.286. The molecule has 31 heavy (non-hydrogen) atoms. The maximum absolute atomic E-state index is 13.8. The van der Waals surface area contributed by atoms with Crippen LogP contribution in [0.4, 0.5) is 13.2 Å². The summed E-state index contributed by atoms with van der Waals surface area (Å²) >= 11 is 7.22. The highest BCUT2D eigenvalue weighted by atomic mass is 35.5. The molecular formula is C21H18ClF3N4OS. The Balaban J connectivity index is 1.87. The number of amides is 1. The molecule has 1 aromatic heterocycles. The molecule has 1 N–H and O–H groups in total. The second-order valence-corrected chi connectivity index (χ2v) is 8.67. The Bertz CT molecular complexity index is 1100. The van der Waals surface area contributed by atoms with E-state index in [1.807, 2.05) is 0 Å². The zero-order valence-corrected chi connectivity index (χ0v) is 17.8. The molecule has 1 saturated heterocycles. The first-order valence-corrected chi connectivity index (χ1v) is 10.9. The van der Waals surface area contributed by atoms with Crippen molar-refractivity contribution in [3.05, 3.63) is 59.1 Å². The molecule has 5 nitrogen and oxygen atoms in total. The van der Waals surface area contributed by atoms with E-state index >= 15 is 0 Å². The molecule has 0 spiro atoms. The lowest BCUT2D eigenvalue weighted by Gasteiger charge is -2.18. The maximum atomic E-state index is 13.8. The van der Waals surface area contributed by atoms with Crippen LogP contribution in [0, 0.1) is 0 Å². The molecule has 1 aliphatic heterocycles. The summed E-state index contributed by atoms with van der Waals surface area (Å²) in [6.07, 6.45) is -2.27. The van der Waals surface area contributed by atoms with Gasteiger partial charge in [0.25, 0.3) is 0 Å². The van der Waals surface area contributed by atoms with Crippen molar-refractivity contribution in [2.24, 2.45) is 0 Å². The van der Waals surface area contributed by atoms with Crippen molar-refractivity contribution in [2.45, 2.75) is 35.8 Å². The standard InChI is InChI=1S/C21H18ClF3N4OS/c22-14-7-5-6-13(12-14)18-27-28-20(31-17-10-3-4-11-26-19(17)30)29(18)16-9-2-1-8-15(16)21(23,24)25/h1-2,5-9,12,17H,3-4,10-11H2,(H,26,30). The summed E-state index contributed by atoms with van der Waals surface area (Å²) in [4.78, 5) is 12.4. The van der Waals surface area contributed by atoms with E-state index in [-0.39, 0.29) is 22.6 Å². The van der Waals surface area contributed by atoms with Crippen LogP contribution in [0.15, 0.2) is 53.7 Å². The highest BCUT2D eigenvalue weighted by Gasteiger charge is 2.35. The molecule has 1 amide bonds. The summed E-state index contributed by atoms with van der Waals surface area (Å²) in [5, 5.41) is 11.4. The first-order chi connectivity index (χ1) is 14.8. The van der Waals surface area contributed by atoms with Crippen LogP contribution in [-0.4, -0.2) is 32.5 Å². The predicted octanol–water partition coefficient (Wildman–Crippen LogP) is 5.37. The number of halogens is 4. The summed E-state index contributed by atoms with van der Waals surface area (Å²) in [5.41, 5.74) is -0.397. The summed E-state index contributed by atoms with van der Waals surface area (Å²) in [6, 6.07) is 11.9. The van der Waals surface area contributed by atoms with E-state index in [1.165, 1.54) is 22.8 Å². The number of rotatable bonds is 4. The third-order valence-corrected chi connectivity index (χ3v) is 6.34. The maximum Gasteiger partial charge on any atom is 0.418 e. The van der Waals surface area contributed by atoms with Gasteiger partial charge in [0.1, 0.15) is 0 Å². The fourth-order valence-electron chi connectivity index (χ4n) is 3.44. The number of carbonyl (C=O) groups excluding carboxylic acids is 1. The largest absolute Gasteiger partial charge is 0.418 e.